The summed E-state index contributed by atoms with van der Waals surface area (Å²) in [5.41, 5.74) is 1.05. The van der Waals surface area contributed by atoms with Crippen LogP contribution in [0.3, 0.4) is 0 Å². The minimum Gasteiger partial charge on any atom is -0.383 e. The van der Waals surface area contributed by atoms with Gasteiger partial charge in [-0.15, -0.1) is 0 Å². The van der Waals surface area contributed by atoms with Gasteiger partial charge in [-0.05, 0) is 50.6 Å². The number of unbranched alkanes of at least 4 members (excludes halogenated alkanes) is 1. The number of hydrogen-bond acceptors (Lipinski definition) is 2. The lowest BCUT2D eigenvalue weighted by Gasteiger charge is -2.07. The molecule has 24 heavy (non-hydrogen) atoms. The summed E-state index contributed by atoms with van der Waals surface area (Å²) in [6.07, 6.45) is 9.16. The van der Waals surface area contributed by atoms with E-state index in [0.29, 0.717) is 13.2 Å². The molecule has 0 spiro atoms. The Morgan fingerprint density at radius 2 is 2.21 bits per heavy atom. The normalized spacial score (nSPS) is 13.8. The van der Waals surface area contributed by atoms with Gasteiger partial charge in [-0.3, -0.25) is 0 Å². The van der Waals surface area contributed by atoms with Crippen LogP contribution >= 0.6 is 0 Å². The van der Waals surface area contributed by atoms with E-state index < -0.39 is 0 Å². The smallest absolute Gasteiger partial charge is 0.121 e. The van der Waals surface area contributed by atoms with Crippen LogP contribution in [0.15, 0.2) is 36.3 Å². The van der Waals surface area contributed by atoms with Crippen molar-refractivity contribution in [3.63, 3.8) is 0 Å². The number of halogens is 1. The molecule has 1 heterocycles. The quantitative estimate of drug-likeness (QED) is 0.665. The van der Waals surface area contributed by atoms with E-state index in [1.165, 1.54) is 12.2 Å². The topological polar surface area (TPSA) is 26.2 Å². The van der Waals surface area contributed by atoms with E-state index in [-0.39, 0.29) is 11.9 Å². The van der Waals surface area contributed by atoms with Gasteiger partial charge in [-0.25, -0.2) is 4.39 Å². The zero-order valence-corrected chi connectivity index (χ0v) is 15.4. The summed E-state index contributed by atoms with van der Waals surface area (Å²) >= 11 is 0. The molecule has 0 bridgehead atoms. The van der Waals surface area contributed by atoms with E-state index in [0.717, 1.165) is 35.7 Å². The molecule has 0 aliphatic rings. The Balaban J connectivity index is 2.62. The van der Waals surface area contributed by atoms with Crippen molar-refractivity contribution in [2.24, 2.45) is 0 Å². The van der Waals surface area contributed by atoms with E-state index in [4.69, 9.17) is 4.74 Å². The highest BCUT2D eigenvalue weighted by Gasteiger charge is 1.99. The summed E-state index contributed by atoms with van der Waals surface area (Å²) in [5.74, 6) is -0.278. The SMILES string of the molecule is C=c1ccn(CCCC)/c1=C(/C)NC/C=C\C(F)=C/COC(C)C. The molecule has 1 aromatic heterocycles. The van der Waals surface area contributed by atoms with Gasteiger partial charge in [0.1, 0.15) is 5.83 Å². The number of hydrogen-bond donors (Lipinski definition) is 1. The third kappa shape index (κ3) is 7.18. The first-order valence-electron chi connectivity index (χ1n) is 8.68. The molecule has 1 aromatic rings. The maximum absolute atomic E-state index is 13.6. The summed E-state index contributed by atoms with van der Waals surface area (Å²) in [6.45, 7) is 14.0. The molecular formula is C20H31FN2O. The third-order valence-corrected chi connectivity index (χ3v) is 3.62. The number of aryl methyl sites for hydroxylation is 1. The highest BCUT2D eigenvalue weighted by Crippen LogP contribution is 1.99. The van der Waals surface area contributed by atoms with Gasteiger partial charge < -0.3 is 14.6 Å². The Morgan fingerprint density at radius 1 is 1.46 bits per heavy atom. The van der Waals surface area contributed by atoms with Gasteiger partial charge in [0, 0.05) is 25.0 Å². The molecule has 0 aromatic carbocycles. The van der Waals surface area contributed by atoms with Crippen LogP contribution in [0.1, 0.15) is 40.5 Å². The molecule has 3 nitrogen and oxygen atoms in total. The Bertz CT molecular complexity index is 656. The summed E-state index contributed by atoms with van der Waals surface area (Å²) in [7, 11) is 0. The number of ether oxygens (including phenoxy) is 1. The average Bonchev–Trinajstić information content (AvgIpc) is 2.89. The summed E-state index contributed by atoms with van der Waals surface area (Å²) in [6, 6.07) is 2.03. The highest BCUT2D eigenvalue weighted by atomic mass is 19.1. The standard InChI is InChI=1S/C20H31FN2O/c1-6-7-13-23-14-10-17(4)20(23)18(5)22-12-8-9-19(21)11-15-24-16(2)3/h8-11,14,16,22H,4,6-7,12-13,15H2,1-3,5H3/b9-8-,19-11+,20-18-. The van der Waals surface area contributed by atoms with Crippen molar-refractivity contribution in [1.29, 1.82) is 0 Å². The van der Waals surface area contributed by atoms with Crippen molar-refractivity contribution < 1.29 is 9.13 Å². The fourth-order valence-electron chi connectivity index (χ4n) is 2.34. The van der Waals surface area contributed by atoms with Crippen LogP contribution in [0.2, 0.25) is 0 Å². The predicted molar refractivity (Wildman–Crippen MR) is 101 cm³/mol. The Hall–Kier alpha value is -1.81. The van der Waals surface area contributed by atoms with Crippen molar-refractivity contribution in [3.8, 4) is 0 Å². The lowest BCUT2D eigenvalue weighted by atomic mass is 10.3. The lowest BCUT2D eigenvalue weighted by molar-refractivity contribution is 0.102. The van der Waals surface area contributed by atoms with E-state index >= 15 is 0 Å². The van der Waals surface area contributed by atoms with E-state index in [1.807, 2.05) is 26.8 Å². The Kier molecular flexibility index (Phi) is 9.16. The number of nitrogens with zero attached hydrogens (tertiary/aromatic N) is 1. The average molecular weight is 334 g/mol. The molecule has 0 fully saturated rings. The second-order valence-corrected chi connectivity index (χ2v) is 6.12. The largest absolute Gasteiger partial charge is 0.383 e. The first-order chi connectivity index (χ1) is 11.5. The molecule has 0 aliphatic heterocycles. The van der Waals surface area contributed by atoms with E-state index in [1.54, 1.807) is 6.08 Å². The molecule has 0 saturated heterocycles. The van der Waals surface area contributed by atoms with Crippen molar-refractivity contribution in [3.05, 3.63) is 46.9 Å². The number of nitrogens with one attached hydrogen (secondary N) is 1. The highest BCUT2D eigenvalue weighted by molar-refractivity contribution is 5.38. The molecule has 0 radical (unpaired) electrons. The van der Waals surface area contributed by atoms with E-state index in [2.05, 4.69) is 29.6 Å². The maximum atomic E-state index is 13.6. The van der Waals surface area contributed by atoms with Crippen molar-refractivity contribution >= 4 is 12.3 Å². The number of allylic oxidation sites excluding steroid dienone is 2. The monoisotopic (exact) mass is 334 g/mol. The van der Waals surface area contributed by atoms with Crippen molar-refractivity contribution in [1.82, 2.24) is 9.88 Å². The zero-order valence-electron chi connectivity index (χ0n) is 15.4. The fourth-order valence-corrected chi connectivity index (χ4v) is 2.34. The van der Waals surface area contributed by atoms with Gasteiger partial charge >= 0.3 is 0 Å². The second-order valence-electron chi connectivity index (χ2n) is 6.12. The van der Waals surface area contributed by atoms with Crippen LogP contribution < -0.4 is 15.9 Å². The molecule has 0 amide bonds. The molecule has 1 N–H and O–H groups in total. The predicted octanol–water partition coefficient (Wildman–Crippen LogP) is 3.25. The first-order valence-corrected chi connectivity index (χ1v) is 8.68. The van der Waals surface area contributed by atoms with Gasteiger partial charge in [0.2, 0.25) is 0 Å². The molecule has 0 unspecified atom stereocenters. The molecule has 0 saturated carbocycles. The van der Waals surface area contributed by atoms with Gasteiger partial charge in [0.05, 0.1) is 18.1 Å². The van der Waals surface area contributed by atoms with Crippen LogP contribution in [-0.2, 0) is 11.3 Å². The van der Waals surface area contributed by atoms with Crippen LogP contribution in [0.25, 0.3) is 12.3 Å². The molecule has 134 valence electrons. The number of rotatable bonds is 10. The van der Waals surface area contributed by atoms with Gasteiger partial charge in [-0.2, -0.15) is 0 Å². The fraction of sp³-hybridized carbons (Fsp3) is 0.500. The molecule has 0 atom stereocenters. The minimum absolute atomic E-state index is 0.109. The Labute approximate surface area is 145 Å². The summed E-state index contributed by atoms with van der Waals surface area (Å²) in [5, 5.41) is 5.45. The van der Waals surface area contributed by atoms with Crippen LogP contribution in [0.5, 0.6) is 0 Å². The van der Waals surface area contributed by atoms with Gasteiger partial charge in [-0.1, -0.05) is 26.0 Å². The molecule has 1 rings (SSSR count). The summed E-state index contributed by atoms with van der Waals surface area (Å²) < 4.78 is 21.1. The Morgan fingerprint density at radius 3 is 2.88 bits per heavy atom. The van der Waals surface area contributed by atoms with E-state index in [9.17, 15) is 4.39 Å². The maximum Gasteiger partial charge on any atom is 0.121 e. The van der Waals surface area contributed by atoms with Gasteiger partial charge in [0.15, 0.2) is 0 Å². The first kappa shape index (κ1) is 20.2. The third-order valence-electron chi connectivity index (χ3n) is 3.62. The lowest BCUT2D eigenvalue weighted by Crippen LogP contribution is -2.34. The number of aromatic nitrogens is 1. The molecule has 4 heteroatoms. The van der Waals surface area contributed by atoms with Crippen molar-refractivity contribution in [2.75, 3.05) is 13.2 Å². The van der Waals surface area contributed by atoms with Gasteiger partial charge in [0.25, 0.3) is 0 Å². The van der Waals surface area contributed by atoms with Crippen LogP contribution in [0, 0.1) is 0 Å². The zero-order chi connectivity index (χ0) is 17.9. The second kappa shape index (κ2) is 10.9. The molecular weight excluding hydrogens is 303 g/mol. The van der Waals surface area contributed by atoms with Crippen molar-refractivity contribution in [2.45, 2.75) is 53.2 Å². The summed E-state index contributed by atoms with van der Waals surface area (Å²) in [4.78, 5) is 0. The minimum atomic E-state index is -0.278. The van der Waals surface area contributed by atoms with Crippen LogP contribution in [0.4, 0.5) is 4.39 Å². The molecule has 0 aliphatic carbocycles. The van der Waals surface area contributed by atoms with Crippen LogP contribution in [-0.4, -0.2) is 23.8 Å².